The number of carbonyl (C=O) groups is 3. The Morgan fingerprint density at radius 3 is 2.26 bits per heavy atom. The van der Waals surface area contributed by atoms with E-state index in [0.29, 0.717) is 16.8 Å². The molecule has 2 aromatic carbocycles. The number of esters is 1. The number of nitriles is 1. The molecule has 0 bridgehead atoms. The number of nitrogens with zero attached hydrogens (tertiary/aromatic N) is 1. The molecule has 162 valence electrons. The lowest BCUT2D eigenvalue weighted by atomic mass is 9.86. The molecule has 2 aromatic rings. The summed E-state index contributed by atoms with van der Waals surface area (Å²) in [6.45, 7) is 9.17. The van der Waals surface area contributed by atoms with Crippen molar-refractivity contribution in [3.05, 3.63) is 65.2 Å². The van der Waals surface area contributed by atoms with Crippen molar-refractivity contribution >= 4 is 23.5 Å². The summed E-state index contributed by atoms with van der Waals surface area (Å²) < 4.78 is 5.17. The van der Waals surface area contributed by atoms with Gasteiger partial charge in [-0.3, -0.25) is 9.59 Å². The third kappa shape index (κ3) is 6.68. The van der Waals surface area contributed by atoms with Crippen LogP contribution < -0.4 is 10.6 Å². The minimum Gasteiger partial charge on any atom is -0.451 e. The van der Waals surface area contributed by atoms with E-state index in [0.717, 1.165) is 5.56 Å². The number of benzene rings is 2. The first-order valence-corrected chi connectivity index (χ1v) is 9.94. The number of hydrogen-bond acceptors (Lipinski definition) is 5. The minimum atomic E-state index is -1.08. The van der Waals surface area contributed by atoms with Gasteiger partial charge in [-0.1, -0.05) is 39.0 Å². The third-order valence-corrected chi connectivity index (χ3v) is 4.64. The maximum Gasteiger partial charge on any atom is 0.329 e. The molecular weight excluding hydrogens is 394 g/mol. The lowest BCUT2D eigenvalue weighted by Gasteiger charge is -2.20. The Morgan fingerprint density at radius 1 is 1.03 bits per heavy atom. The van der Waals surface area contributed by atoms with E-state index >= 15 is 0 Å². The quantitative estimate of drug-likeness (QED) is 0.694. The molecule has 2 N–H and O–H groups in total. The molecule has 0 aliphatic heterocycles. The van der Waals surface area contributed by atoms with E-state index in [1.165, 1.54) is 19.9 Å². The van der Waals surface area contributed by atoms with Gasteiger partial charge in [0, 0.05) is 11.3 Å². The van der Waals surface area contributed by atoms with Crippen LogP contribution in [-0.2, 0) is 19.7 Å². The fraction of sp³-hybridized carbons (Fsp3) is 0.333. The minimum absolute atomic E-state index is 0.0290. The van der Waals surface area contributed by atoms with Gasteiger partial charge in [0.1, 0.15) is 6.04 Å². The third-order valence-electron chi connectivity index (χ3n) is 4.64. The predicted octanol–water partition coefficient (Wildman–Crippen LogP) is 3.54. The number of carbonyl (C=O) groups excluding carboxylic acids is 3. The molecule has 2 rings (SSSR count). The average molecular weight is 421 g/mol. The first-order valence-electron chi connectivity index (χ1n) is 9.94. The Labute approximate surface area is 182 Å². The van der Waals surface area contributed by atoms with Gasteiger partial charge in [0.15, 0.2) is 6.10 Å². The summed E-state index contributed by atoms with van der Waals surface area (Å²) in [7, 11) is 0. The first-order chi connectivity index (χ1) is 14.5. The second kappa shape index (κ2) is 9.90. The van der Waals surface area contributed by atoms with Gasteiger partial charge in [-0.15, -0.1) is 0 Å². The summed E-state index contributed by atoms with van der Waals surface area (Å²) in [6, 6.07) is 14.6. The molecule has 0 radical (unpaired) electrons. The van der Waals surface area contributed by atoms with E-state index in [9.17, 15) is 14.4 Å². The Morgan fingerprint density at radius 2 is 1.68 bits per heavy atom. The Hall–Kier alpha value is -3.66. The highest BCUT2D eigenvalue weighted by atomic mass is 16.5. The number of nitrogens with one attached hydrogen (secondary N) is 2. The first kappa shape index (κ1) is 23.6. The molecular formula is C24H27N3O4. The van der Waals surface area contributed by atoms with Crippen molar-refractivity contribution in [1.29, 1.82) is 5.26 Å². The number of rotatable bonds is 6. The zero-order chi connectivity index (χ0) is 23.2. The molecule has 0 unspecified atom stereocenters. The Balaban J connectivity index is 1.91. The van der Waals surface area contributed by atoms with Gasteiger partial charge in [-0.2, -0.15) is 5.26 Å². The van der Waals surface area contributed by atoms with E-state index in [4.69, 9.17) is 10.00 Å². The van der Waals surface area contributed by atoms with Crippen molar-refractivity contribution < 1.29 is 19.1 Å². The van der Waals surface area contributed by atoms with Gasteiger partial charge in [-0.05, 0) is 55.2 Å². The number of hydrogen-bond donors (Lipinski definition) is 2. The molecule has 2 amide bonds. The van der Waals surface area contributed by atoms with Gasteiger partial charge >= 0.3 is 5.97 Å². The highest BCUT2D eigenvalue weighted by Crippen LogP contribution is 2.22. The lowest BCUT2D eigenvalue weighted by Crippen LogP contribution is -2.42. The van der Waals surface area contributed by atoms with Crippen molar-refractivity contribution in [3.8, 4) is 6.07 Å². The molecule has 0 fully saturated rings. The second-order valence-corrected chi connectivity index (χ2v) is 8.28. The summed E-state index contributed by atoms with van der Waals surface area (Å²) >= 11 is 0. The summed E-state index contributed by atoms with van der Waals surface area (Å²) in [5.41, 5.74) is 2.31. The van der Waals surface area contributed by atoms with Crippen molar-refractivity contribution in [1.82, 2.24) is 5.32 Å². The van der Waals surface area contributed by atoms with E-state index in [2.05, 4.69) is 31.4 Å². The number of amides is 2. The Kier molecular flexibility index (Phi) is 7.54. The van der Waals surface area contributed by atoms with Gasteiger partial charge in [0.05, 0.1) is 11.6 Å². The van der Waals surface area contributed by atoms with Crippen LogP contribution in [0.25, 0.3) is 0 Å². The van der Waals surface area contributed by atoms with Crippen molar-refractivity contribution in [2.75, 3.05) is 5.32 Å². The molecule has 0 aliphatic carbocycles. The number of ether oxygens (including phenoxy) is 1. The molecule has 31 heavy (non-hydrogen) atoms. The highest BCUT2D eigenvalue weighted by molar-refractivity contribution is 5.98. The van der Waals surface area contributed by atoms with Crippen LogP contribution in [0.3, 0.4) is 0 Å². The van der Waals surface area contributed by atoms with E-state index < -0.39 is 29.9 Å². The van der Waals surface area contributed by atoms with E-state index in [1.54, 1.807) is 30.3 Å². The van der Waals surface area contributed by atoms with Crippen LogP contribution in [0.5, 0.6) is 0 Å². The molecule has 0 spiro atoms. The zero-order valence-electron chi connectivity index (χ0n) is 18.4. The Bertz CT molecular complexity index is 1000. The molecule has 0 heterocycles. The molecule has 7 heteroatoms. The van der Waals surface area contributed by atoms with Crippen molar-refractivity contribution in [2.45, 2.75) is 52.2 Å². The normalized spacial score (nSPS) is 12.8. The van der Waals surface area contributed by atoms with Crippen molar-refractivity contribution in [2.24, 2.45) is 0 Å². The van der Waals surface area contributed by atoms with Crippen LogP contribution in [-0.4, -0.2) is 29.9 Å². The van der Waals surface area contributed by atoms with Crippen LogP contribution >= 0.6 is 0 Å². The van der Waals surface area contributed by atoms with Gasteiger partial charge in [0.2, 0.25) is 0 Å². The molecule has 0 aliphatic rings. The topological polar surface area (TPSA) is 108 Å². The van der Waals surface area contributed by atoms with Crippen LogP contribution in [0.1, 0.15) is 56.1 Å². The molecule has 0 saturated carbocycles. The van der Waals surface area contributed by atoms with Crippen LogP contribution in [0.15, 0.2) is 48.5 Å². The predicted molar refractivity (Wildman–Crippen MR) is 117 cm³/mol. The summed E-state index contributed by atoms with van der Waals surface area (Å²) in [4.78, 5) is 37.0. The summed E-state index contributed by atoms with van der Waals surface area (Å²) in [5, 5.41) is 14.1. The standard InChI is InChI=1S/C24H27N3O4/c1-15(26-22(29)18-9-11-19(12-10-18)24(3,4)5)23(30)31-16(2)21(28)27-20-8-6-7-17(13-20)14-25/h6-13,15-16H,1-5H3,(H,26,29)(H,27,28)/t15-,16-/m0/s1. The number of anilines is 1. The molecule has 2 atom stereocenters. The second-order valence-electron chi connectivity index (χ2n) is 8.28. The van der Waals surface area contributed by atoms with E-state index in [-0.39, 0.29) is 5.41 Å². The molecule has 7 nitrogen and oxygen atoms in total. The fourth-order valence-electron chi connectivity index (χ4n) is 2.70. The van der Waals surface area contributed by atoms with Crippen LogP contribution in [0, 0.1) is 11.3 Å². The zero-order valence-corrected chi connectivity index (χ0v) is 18.4. The SMILES string of the molecule is C[C@H](NC(=O)c1ccc(C(C)(C)C)cc1)C(=O)O[C@@H](C)C(=O)Nc1cccc(C#N)c1. The van der Waals surface area contributed by atoms with Gasteiger partial charge in [0.25, 0.3) is 11.8 Å². The monoisotopic (exact) mass is 421 g/mol. The van der Waals surface area contributed by atoms with E-state index in [1.807, 2.05) is 18.2 Å². The van der Waals surface area contributed by atoms with Crippen molar-refractivity contribution in [3.63, 3.8) is 0 Å². The maximum absolute atomic E-state index is 12.4. The molecule has 0 aromatic heterocycles. The van der Waals surface area contributed by atoms with Crippen LogP contribution in [0.2, 0.25) is 0 Å². The van der Waals surface area contributed by atoms with Gasteiger partial charge < -0.3 is 15.4 Å². The molecule has 0 saturated heterocycles. The lowest BCUT2D eigenvalue weighted by molar-refractivity contribution is -0.154. The fourth-order valence-corrected chi connectivity index (χ4v) is 2.70. The summed E-state index contributed by atoms with van der Waals surface area (Å²) in [6.07, 6.45) is -1.08. The van der Waals surface area contributed by atoms with Crippen LogP contribution in [0.4, 0.5) is 5.69 Å². The maximum atomic E-state index is 12.4. The van der Waals surface area contributed by atoms with Gasteiger partial charge in [-0.25, -0.2) is 4.79 Å². The smallest absolute Gasteiger partial charge is 0.329 e. The highest BCUT2D eigenvalue weighted by Gasteiger charge is 2.24. The average Bonchev–Trinajstić information content (AvgIpc) is 2.73. The summed E-state index contributed by atoms with van der Waals surface area (Å²) in [5.74, 6) is -1.68. The largest absolute Gasteiger partial charge is 0.451 e.